The van der Waals surface area contributed by atoms with Crippen LogP contribution in [-0.4, -0.2) is 40.2 Å². The topological polar surface area (TPSA) is 102 Å². The second-order valence-electron chi connectivity index (χ2n) is 9.89. The SMILES string of the molecule is CCCCOc1ccc(C2C(=C(O)c3ccc(Cl)cc3)C(=O)C(=O)N2c2nnc(SCc3ccc(Cl)cc3Cl)s2)cc1OCC. The van der Waals surface area contributed by atoms with Gasteiger partial charge in [0.1, 0.15) is 5.76 Å². The van der Waals surface area contributed by atoms with Crippen molar-refractivity contribution in [2.24, 2.45) is 0 Å². The molecule has 0 saturated carbocycles. The molecule has 1 aliphatic heterocycles. The van der Waals surface area contributed by atoms with Crippen LogP contribution in [0.4, 0.5) is 5.13 Å². The van der Waals surface area contributed by atoms with Gasteiger partial charge in [0.2, 0.25) is 5.13 Å². The van der Waals surface area contributed by atoms with Crippen molar-refractivity contribution in [1.29, 1.82) is 0 Å². The number of Topliss-reactive ketones (excluding diaryl/α,β-unsaturated/α-hetero) is 1. The summed E-state index contributed by atoms with van der Waals surface area (Å²) in [4.78, 5) is 28.6. The molecule has 1 aromatic heterocycles. The van der Waals surface area contributed by atoms with E-state index in [1.54, 1.807) is 54.6 Å². The first-order valence-electron chi connectivity index (χ1n) is 14.1. The van der Waals surface area contributed by atoms with Crippen molar-refractivity contribution < 1.29 is 24.2 Å². The van der Waals surface area contributed by atoms with Crippen molar-refractivity contribution in [2.75, 3.05) is 18.1 Å². The molecule has 1 atom stereocenters. The summed E-state index contributed by atoms with van der Waals surface area (Å²) in [6, 6.07) is 15.8. The number of anilines is 1. The Morgan fingerprint density at radius 1 is 0.956 bits per heavy atom. The zero-order valence-electron chi connectivity index (χ0n) is 24.3. The summed E-state index contributed by atoms with van der Waals surface area (Å²) in [6.45, 7) is 4.81. The molecule has 13 heteroatoms. The van der Waals surface area contributed by atoms with E-state index >= 15 is 0 Å². The molecular weight excluding hydrogens is 677 g/mol. The van der Waals surface area contributed by atoms with Gasteiger partial charge in [-0.05, 0) is 73.0 Å². The Morgan fingerprint density at radius 2 is 1.71 bits per heavy atom. The van der Waals surface area contributed by atoms with Gasteiger partial charge in [-0.2, -0.15) is 0 Å². The van der Waals surface area contributed by atoms with Crippen molar-refractivity contribution >= 4 is 80.5 Å². The van der Waals surface area contributed by atoms with Crippen LogP contribution in [0.3, 0.4) is 0 Å². The zero-order valence-corrected chi connectivity index (χ0v) is 28.2. The Hall–Kier alpha value is -3.28. The van der Waals surface area contributed by atoms with E-state index in [1.807, 2.05) is 13.0 Å². The monoisotopic (exact) mass is 703 g/mol. The molecule has 1 aliphatic rings. The highest BCUT2D eigenvalue weighted by molar-refractivity contribution is 8.00. The molecule has 1 N–H and O–H groups in total. The number of carbonyl (C=O) groups excluding carboxylic acids is 2. The molecule has 5 rings (SSSR count). The number of ether oxygens (including phenoxy) is 2. The minimum Gasteiger partial charge on any atom is -0.507 e. The van der Waals surface area contributed by atoms with Crippen molar-refractivity contribution in [1.82, 2.24) is 10.2 Å². The first-order valence-corrected chi connectivity index (χ1v) is 17.0. The molecule has 8 nitrogen and oxygen atoms in total. The van der Waals surface area contributed by atoms with Crippen LogP contribution in [-0.2, 0) is 15.3 Å². The maximum Gasteiger partial charge on any atom is 0.301 e. The molecule has 1 amide bonds. The summed E-state index contributed by atoms with van der Waals surface area (Å²) in [5, 5.41) is 21.7. The third-order valence-corrected chi connectivity index (χ3v) is 9.81. The number of ketones is 1. The van der Waals surface area contributed by atoms with Crippen LogP contribution in [0.1, 0.15) is 49.4 Å². The summed E-state index contributed by atoms with van der Waals surface area (Å²) in [5.41, 5.74) is 1.62. The Labute approximate surface area is 283 Å². The van der Waals surface area contributed by atoms with Gasteiger partial charge in [-0.15, -0.1) is 10.2 Å². The third-order valence-electron chi connectivity index (χ3n) is 6.87. The molecule has 1 unspecified atom stereocenters. The molecule has 4 aromatic rings. The summed E-state index contributed by atoms with van der Waals surface area (Å²) in [5.74, 6) is -0.553. The fourth-order valence-corrected chi connectivity index (χ4v) is 7.21. The lowest BCUT2D eigenvalue weighted by atomic mass is 9.95. The lowest BCUT2D eigenvalue weighted by Gasteiger charge is -2.23. The predicted molar refractivity (Wildman–Crippen MR) is 180 cm³/mol. The maximum atomic E-state index is 13.7. The summed E-state index contributed by atoms with van der Waals surface area (Å²) < 4.78 is 12.4. The number of aliphatic hydroxyl groups excluding tert-OH is 1. The van der Waals surface area contributed by atoms with E-state index in [9.17, 15) is 14.7 Å². The van der Waals surface area contributed by atoms with Gasteiger partial charge in [-0.25, -0.2) is 0 Å². The van der Waals surface area contributed by atoms with Crippen molar-refractivity contribution in [3.63, 3.8) is 0 Å². The highest BCUT2D eigenvalue weighted by Crippen LogP contribution is 2.46. The minimum atomic E-state index is -1.03. The number of amides is 1. The number of aromatic nitrogens is 2. The van der Waals surface area contributed by atoms with E-state index < -0.39 is 17.7 Å². The van der Waals surface area contributed by atoms with Gasteiger partial charge in [0.25, 0.3) is 5.78 Å². The Bertz CT molecular complexity index is 1750. The van der Waals surface area contributed by atoms with Crippen LogP contribution in [0.25, 0.3) is 5.76 Å². The predicted octanol–water partition coefficient (Wildman–Crippen LogP) is 8.99. The number of carbonyl (C=O) groups is 2. The van der Waals surface area contributed by atoms with Crippen molar-refractivity contribution in [3.8, 4) is 11.5 Å². The third kappa shape index (κ3) is 7.42. The number of benzene rings is 3. The van der Waals surface area contributed by atoms with E-state index in [0.29, 0.717) is 61.0 Å². The molecule has 3 aromatic carbocycles. The average molecular weight is 705 g/mol. The Kier molecular flexibility index (Phi) is 10.9. The maximum absolute atomic E-state index is 13.7. The second kappa shape index (κ2) is 14.9. The molecule has 234 valence electrons. The smallest absolute Gasteiger partial charge is 0.301 e. The lowest BCUT2D eigenvalue weighted by molar-refractivity contribution is -0.132. The molecule has 0 radical (unpaired) electrons. The van der Waals surface area contributed by atoms with Gasteiger partial charge in [0.05, 0.1) is 24.8 Å². The van der Waals surface area contributed by atoms with Gasteiger partial charge in [0.15, 0.2) is 15.8 Å². The zero-order chi connectivity index (χ0) is 32.1. The van der Waals surface area contributed by atoms with Crippen LogP contribution >= 0.6 is 57.9 Å². The first-order chi connectivity index (χ1) is 21.7. The summed E-state index contributed by atoms with van der Waals surface area (Å²) in [7, 11) is 0. The van der Waals surface area contributed by atoms with E-state index in [-0.39, 0.29) is 16.5 Å². The number of hydrogen-bond donors (Lipinski definition) is 1. The van der Waals surface area contributed by atoms with E-state index in [0.717, 1.165) is 29.7 Å². The number of rotatable bonds is 12. The molecule has 2 heterocycles. The standard InChI is InChI=1S/C32H28Cl3N3O5S2/c1-3-5-14-43-24-13-9-19(15-25(24)42-4-2)27-26(28(39)18-6-10-21(33)11-7-18)29(40)30(41)38(27)31-36-37-32(45-31)44-17-20-8-12-22(34)16-23(20)35/h6-13,15-16,27,39H,3-5,14,17H2,1-2H3. The molecule has 1 fully saturated rings. The van der Waals surface area contributed by atoms with Gasteiger partial charge >= 0.3 is 5.91 Å². The average Bonchev–Trinajstić information content (AvgIpc) is 3.59. The molecular formula is C32H28Cl3N3O5S2. The fraction of sp³-hybridized carbons (Fsp3) is 0.250. The molecule has 1 saturated heterocycles. The van der Waals surface area contributed by atoms with Gasteiger partial charge in [-0.3, -0.25) is 14.5 Å². The van der Waals surface area contributed by atoms with Gasteiger partial charge < -0.3 is 14.6 Å². The van der Waals surface area contributed by atoms with Crippen molar-refractivity contribution in [2.45, 2.75) is 42.8 Å². The van der Waals surface area contributed by atoms with E-state index in [1.165, 1.54) is 16.7 Å². The second-order valence-corrected chi connectivity index (χ2v) is 13.4. The number of nitrogens with zero attached hydrogens (tertiary/aromatic N) is 3. The fourth-order valence-electron chi connectivity index (χ4n) is 4.65. The first kappa shape index (κ1) is 33.1. The van der Waals surface area contributed by atoms with Crippen LogP contribution in [0.5, 0.6) is 11.5 Å². The van der Waals surface area contributed by atoms with Crippen LogP contribution in [0.2, 0.25) is 15.1 Å². The van der Waals surface area contributed by atoms with Crippen LogP contribution in [0, 0.1) is 0 Å². The molecule has 0 spiro atoms. The quantitative estimate of drug-likeness (QED) is 0.0390. The van der Waals surface area contributed by atoms with Crippen LogP contribution < -0.4 is 14.4 Å². The summed E-state index contributed by atoms with van der Waals surface area (Å²) >= 11 is 21.0. The Balaban J connectivity index is 1.56. The van der Waals surface area contributed by atoms with Crippen molar-refractivity contribution in [3.05, 3.63) is 98.0 Å². The van der Waals surface area contributed by atoms with Gasteiger partial charge in [-0.1, -0.05) is 83.4 Å². The van der Waals surface area contributed by atoms with E-state index in [2.05, 4.69) is 17.1 Å². The van der Waals surface area contributed by atoms with Crippen LogP contribution in [0.15, 0.2) is 70.6 Å². The minimum absolute atomic E-state index is 0.0956. The number of thioether (sulfide) groups is 1. The van der Waals surface area contributed by atoms with Gasteiger partial charge in [0, 0.05) is 26.4 Å². The lowest BCUT2D eigenvalue weighted by Crippen LogP contribution is -2.29. The normalized spacial score (nSPS) is 15.9. The largest absolute Gasteiger partial charge is 0.507 e. The molecule has 0 bridgehead atoms. The highest BCUT2D eigenvalue weighted by atomic mass is 35.5. The molecule has 45 heavy (non-hydrogen) atoms. The Morgan fingerprint density at radius 3 is 2.42 bits per heavy atom. The number of unbranched alkanes of at least 4 members (excludes halogenated alkanes) is 1. The number of halogens is 3. The molecule has 0 aliphatic carbocycles. The van der Waals surface area contributed by atoms with E-state index in [4.69, 9.17) is 44.3 Å². The highest BCUT2D eigenvalue weighted by Gasteiger charge is 2.48. The summed E-state index contributed by atoms with van der Waals surface area (Å²) in [6.07, 6.45) is 1.84. The number of hydrogen-bond acceptors (Lipinski definition) is 9. The number of aliphatic hydroxyl groups is 1.